The predicted octanol–water partition coefficient (Wildman–Crippen LogP) is 2.15. The van der Waals surface area contributed by atoms with Gasteiger partial charge in [0.15, 0.2) is 0 Å². The van der Waals surface area contributed by atoms with Crippen molar-refractivity contribution in [3.05, 3.63) is 40.4 Å². The zero-order chi connectivity index (χ0) is 12.8. The van der Waals surface area contributed by atoms with Crippen LogP contribution in [0.15, 0.2) is 24.3 Å². The summed E-state index contributed by atoms with van der Waals surface area (Å²) in [6.45, 7) is 0. The first-order valence-corrected chi connectivity index (χ1v) is 5.17. The monoisotopic (exact) mass is 254 g/mol. The minimum Gasteiger partial charge on any atom is -0.481 e. The van der Waals surface area contributed by atoms with Crippen LogP contribution in [0.5, 0.6) is 0 Å². The highest BCUT2D eigenvalue weighted by atomic mass is 35.5. The Bertz CT molecular complexity index is 466. The SMILES string of the molecule is COC(=O)C=Cc1ccc(Cl)c(CC(=O)O)c1. The van der Waals surface area contributed by atoms with E-state index in [1.54, 1.807) is 18.2 Å². The van der Waals surface area contributed by atoms with Crippen molar-refractivity contribution >= 4 is 29.6 Å². The van der Waals surface area contributed by atoms with E-state index in [4.69, 9.17) is 16.7 Å². The Morgan fingerprint density at radius 2 is 2.18 bits per heavy atom. The molecule has 0 aromatic heterocycles. The summed E-state index contributed by atoms with van der Waals surface area (Å²) in [5.41, 5.74) is 1.20. The normalized spacial score (nSPS) is 10.5. The molecular weight excluding hydrogens is 244 g/mol. The van der Waals surface area contributed by atoms with Crippen LogP contribution in [0, 0.1) is 0 Å². The molecule has 1 N–H and O–H groups in total. The van der Waals surface area contributed by atoms with Crippen LogP contribution in [-0.4, -0.2) is 24.2 Å². The highest BCUT2D eigenvalue weighted by molar-refractivity contribution is 6.31. The number of hydrogen-bond donors (Lipinski definition) is 1. The Balaban J connectivity index is 2.92. The highest BCUT2D eigenvalue weighted by Crippen LogP contribution is 2.19. The molecule has 4 nitrogen and oxygen atoms in total. The maximum atomic E-state index is 10.9. The van der Waals surface area contributed by atoms with Gasteiger partial charge >= 0.3 is 11.9 Å². The first-order valence-electron chi connectivity index (χ1n) is 4.79. The minimum atomic E-state index is -0.957. The molecule has 0 saturated heterocycles. The van der Waals surface area contributed by atoms with Crippen LogP contribution >= 0.6 is 11.6 Å². The maximum absolute atomic E-state index is 10.9. The van der Waals surface area contributed by atoms with Crippen LogP contribution in [0.1, 0.15) is 11.1 Å². The van der Waals surface area contributed by atoms with Crippen LogP contribution in [0.2, 0.25) is 5.02 Å². The number of ether oxygens (including phenoxy) is 1. The molecule has 0 saturated carbocycles. The molecule has 90 valence electrons. The lowest BCUT2D eigenvalue weighted by Gasteiger charge is -2.02. The average Bonchev–Trinajstić information content (AvgIpc) is 2.29. The van der Waals surface area contributed by atoms with Crippen LogP contribution in [0.3, 0.4) is 0 Å². The molecule has 0 bridgehead atoms. The van der Waals surface area contributed by atoms with E-state index in [9.17, 15) is 9.59 Å². The van der Waals surface area contributed by atoms with Crippen LogP contribution < -0.4 is 0 Å². The minimum absolute atomic E-state index is 0.154. The van der Waals surface area contributed by atoms with Crippen molar-refractivity contribution in [2.75, 3.05) is 7.11 Å². The van der Waals surface area contributed by atoms with Gasteiger partial charge in [0.05, 0.1) is 13.5 Å². The molecule has 5 heteroatoms. The lowest BCUT2D eigenvalue weighted by atomic mass is 10.1. The summed E-state index contributed by atoms with van der Waals surface area (Å²) in [6.07, 6.45) is 2.64. The lowest BCUT2D eigenvalue weighted by Crippen LogP contribution is -2.01. The number of carbonyl (C=O) groups is 2. The third-order valence-electron chi connectivity index (χ3n) is 2.02. The molecule has 0 fully saturated rings. The molecule has 0 aliphatic heterocycles. The van der Waals surface area contributed by atoms with Gasteiger partial charge in [0.2, 0.25) is 0 Å². The van der Waals surface area contributed by atoms with Gasteiger partial charge in [-0.1, -0.05) is 17.7 Å². The number of rotatable bonds is 4. The van der Waals surface area contributed by atoms with E-state index in [0.717, 1.165) is 0 Å². The Morgan fingerprint density at radius 3 is 2.76 bits per heavy atom. The van der Waals surface area contributed by atoms with Crippen molar-refractivity contribution in [1.82, 2.24) is 0 Å². The van der Waals surface area contributed by atoms with Crippen LogP contribution in [0.25, 0.3) is 6.08 Å². The lowest BCUT2D eigenvalue weighted by molar-refractivity contribution is -0.136. The summed E-state index contributed by atoms with van der Waals surface area (Å²) in [5, 5.41) is 9.08. The van der Waals surface area contributed by atoms with Gasteiger partial charge in [-0.25, -0.2) is 4.79 Å². The Labute approximate surface area is 103 Å². The number of halogens is 1. The van der Waals surface area contributed by atoms with Gasteiger partial charge in [-0.15, -0.1) is 0 Å². The summed E-state index contributed by atoms with van der Waals surface area (Å²) >= 11 is 5.85. The molecule has 0 unspecified atom stereocenters. The summed E-state index contributed by atoms with van der Waals surface area (Å²) in [7, 11) is 1.28. The van der Waals surface area contributed by atoms with Crippen molar-refractivity contribution in [2.24, 2.45) is 0 Å². The zero-order valence-electron chi connectivity index (χ0n) is 9.14. The molecule has 1 aromatic carbocycles. The highest BCUT2D eigenvalue weighted by Gasteiger charge is 2.05. The summed E-state index contributed by atoms with van der Waals surface area (Å²) in [5.74, 6) is -1.43. The summed E-state index contributed by atoms with van der Waals surface area (Å²) in [4.78, 5) is 21.5. The summed E-state index contributed by atoms with van der Waals surface area (Å²) < 4.78 is 4.44. The van der Waals surface area contributed by atoms with Gasteiger partial charge in [-0.3, -0.25) is 4.79 Å². The second-order valence-electron chi connectivity index (χ2n) is 3.28. The second kappa shape index (κ2) is 6.06. The molecule has 0 aliphatic carbocycles. The van der Waals surface area contributed by atoms with E-state index >= 15 is 0 Å². The fourth-order valence-corrected chi connectivity index (χ4v) is 1.41. The fourth-order valence-electron chi connectivity index (χ4n) is 1.23. The average molecular weight is 255 g/mol. The fraction of sp³-hybridized carbons (Fsp3) is 0.167. The van der Waals surface area contributed by atoms with E-state index in [2.05, 4.69) is 4.74 Å². The standard InChI is InChI=1S/C12H11ClO4/c1-17-12(16)5-3-8-2-4-10(13)9(6-8)7-11(14)15/h2-6H,7H2,1H3,(H,14,15). The molecule has 1 rings (SSSR count). The smallest absolute Gasteiger partial charge is 0.330 e. The molecule has 1 aromatic rings. The molecular formula is C12H11ClO4. The number of carboxylic acid groups (broad SMARTS) is 1. The van der Waals surface area contributed by atoms with Gasteiger partial charge < -0.3 is 9.84 Å². The third kappa shape index (κ3) is 4.28. The molecule has 0 spiro atoms. The molecule has 0 aliphatic rings. The molecule has 0 radical (unpaired) electrons. The molecule has 17 heavy (non-hydrogen) atoms. The number of hydrogen-bond acceptors (Lipinski definition) is 3. The first kappa shape index (κ1) is 13.3. The number of aliphatic carboxylic acids is 1. The Hall–Kier alpha value is -1.81. The van der Waals surface area contributed by atoms with Gasteiger partial charge in [0.25, 0.3) is 0 Å². The first-order chi connectivity index (χ1) is 8.02. The van der Waals surface area contributed by atoms with E-state index in [-0.39, 0.29) is 6.42 Å². The molecule has 0 heterocycles. The number of carbonyl (C=O) groups excluding carboxylic acids is 1. The number of carboxylic acids is 1. The van der Waals surface area contributed by atoms with E-state index in [1.165, 1.54) is 19.3 Å². The number of methoxy groups -OCH3 is 1. The Morgan fingerprint density at radius 1 is 1.47 bits per heavy atom. The quantitative estimate of drug-likeness (QED) is 0.661. The van der Waals surface area contributed by atoms with Crippen molar-refractivity contribution in [2.45, 2.75) is 6.42 Å². The van der Waals surface area contributed by atoms with Crippen LogP contribution in [0.4, 0.5) is 0 Å². The Kier molecular flexibility index (Phi) is 4.72. The van der Waals surface area contributed by atoms with E-state index in [1.807, 2.05) is 0 Å². The zero-order valence-corrected chi connectivity index (χ0v) is 9.90. The largest absolute Gasteiger partial charge is 0.481 e. The maximum Gasteiger partial charge on any atom is 0.330 e. The van der Waals surface area contributed by atoms with Crippen molar-refractivity contribution in [3.63, 3.8) is 0 Å². The van der Waals surface area contributed by atoms with Gasteiger partial charge in [-0.2, -0.15) is 0 Å². The number of benzene rings is 1. The van der Waals surface area contributed by atoms with E-state index < -0.39 is 11.9 Å². The van der Waals surface area contributed by atoms with Gasteiger partial charge in [-0.05, 0) is 29.3 Å². The van der Waals surface area contributed by atoms with Crippen molar-refractivity contribution in [3.8, 4) is 0 Å². The topological polar surface area (TPSA) is 63.6 Å². The third-order valence-corrected chi connectivity index (χ3v) is 2.39. The van der Waals surface area contributed by atoms with Gasteiger partial charge in [0, 0.05) is 11.1 Å². The van der Waals surface area contributed by atoms with Crippen molar-refractivity contribution < 1.29 is 19.4 Å². The van der Waals surface area contributed by atoms with Crippen LogP contribution in [-0.2, 0) is 20.7 Å². The summed E-state index contributed by atoms with van der Waals surface area (Å²) in [6, 6.07) is 4.90. The number of esters is 1. The van der Waals surface area contributed by atoms with E-state index in [0.29, 0.717) is 16.1 Å². The molecule has 0 atom stereocenters. The molecule has 0 amide bonds. The van der Waals surface area contributed by atoms with Gasteiger partial charge in [0.1, 0.15) is 0 Å². The predicted molar refractivity (Wildman–Crippen MR) is 63.8 cm³/mol. The van der Waals surface area contributed by atoms with Crippen molar-refractivity contribution in [1.29, 1.82) is 0 Å². The second-order valence-corrected chi connectivity index (χ2v) is 3.69.